The number of hydrogen-bond acceptors (Lipinski definition) is 4. The van der Waals surface area contributed by atoms with Crippen LogP contribution in [0.25, 0.3) is 0 Å². The van der Waals surface area contributed by atoms with E-state index in [4.69, 9.17) is 4.74 Å². The van der Waals surface area contributed by atoms with Gasteiger partial charge in [-0.15, -0.1) is 0 Å². The highest BCUT2D eigenvalue weighted by Crippen LogP contribution is 2.18. The van der Waals surface area contributed by atoms with Crippen molar-refractivity contribution in [1.82, 2.24) is 9.97 Å². The van der Waals surface area contributed by atoms with Gasteiger partial charge in [-0.3, -0.25) is 4.79 Å². The van der Waals surface area contributed by atoms with Crippen molar-refractivity contribution >= 4 is 5.78 Å². The first-order chi connectivity index (χ1) is 8.24. The molecule has 2 rings (SSSR count). The fraction of sp³-hybridized carbons (Fsp3) is 0.154. The van der Waals surface area contributed by atoms with Crippen LogP contribution in [0.15, 0.2) is 36.7 Å². The molecule has 0 unspecified atom stereocenters. The molecule has 0 atom stereocenters. The molecule has 4 heteroatoms. The number of aromatic nitrogens is 2. The third kappa shape index (κ3) is 2.15. The number of ketones is 1. The summed E-state index contributed by atoms with van der Waals surface area (Å²) in [4.78, 5) is 20.3. The second kappa shape index (κ2) is 4.74. The number of rotatable bonds is 3. The lowest BCUT2D eigenvalue weighted by Crippen LogP contribution is -2.09. The van der Waals surface area contributed by atoms with Crippen LogP contribution in [-0.2, 0) is 0 Å². The van der Waals surface area contributed by atoms with Gasteiger partial charge in [0, 0.05) is 18.0 Å². The number of methoxy groups -OCH3 is 1. The number of aryl methyl sites for hydroxylation is 1. The SMILES string of the molecule is COc1nccnc1C(=O)c1ccccc1C. The standard InChI is InChI=1S/C13H12N2O2/c1-9-5-3-4-6-10(9)12(16)11-13(17-2)15-8-7-14-11/h3-8H,1-2H3. The molecule has 0 aliphatic carbocycles. The van der Waals surface area contributed by atoms with E-state index in [0.717, 1.165) is 5.56 Å². The van der Waals surface area contributed by atoms with E-state index in [0.29, 0.717) is 5.56 Å². The van der Waals surface area contributed by atoms with E-state index < -0.39 is 0 Å². The zero-order chi connectivity index (χ0) is 12.3. The minimum atomic E-state index is -0.173. The Morgan fingerprint density at radius 3 is 2.59 bits per heavy atom. The van der Waals surface area contributed by atoms with Crippen LogP contribution in [0, 0.1) is 6.92 Å². The average molecular weight is 228 g/mol. The maximum Gasteiger partial charge on any atom is 0.243 e. The molecule has 0 amide bonds. The van der Waals surface area contributed by atoms with E-state index in [1.807, 2.05) is 25.1 Å². The summed E-state index contributed by atoms with van der Waals surface area (Å²) in [5.74, 6) is 0.0776. The molecule has 4 nitrogen and oxygen atoms in total. The highest BCUT2D eigenvalue weighted by atomic mass is 16.5. The molecule has 0 spiro atoms. The van der Waals surface area contributed by atoms with Crippen molar-refractivity contribution in [3.63, 3.8) is 0 Å². The molecule has 1 aromatic heterocycles. The predicted octanol–water partition coefficient (Wildman–Crippen LogP) is 2.02. The maximum absolute atomic E-state index is 12.3. The number of nitrogens with zero attached hydrogens (tertiary/aromatic N) is 2. The topological polar surface area (TPSA) is 52.1 Å². The van der Waals surface area contributed by atoms with Gasteiger partial charge in [0.1, 0.15) is 0 Å². The van der Waals surface area contributed by atoms with Crippen LogP contribution in [0.5, 0.6) is 5.88 Å². The Bertz CT molecular complexity index is 553. The lowest BCUT2D eigenvalue weighted by atomic mass is 10.0. The van der Waals surface area contributed by atoms with Crippen molar-refractivity contribution in [3.8, 4) is 5.88 Å². The molecule has 0 saturated carbocycles. The summed E-state index contributed by atoms with van der Waals surface area (Å²) in [7, 11) is 1.47. The number of carbonyl (C=O) groups is 1. The lowest BCUT2D eigenvalue weighted by molar-refractivity contribution is 0.103. The largest absolute Gasteiger partial charge is 0.479 e. The summed E-state index contributed by atoms with van der Waals surface area (Å²) in [5.41, 5.74) is 1.76. The smallest absolute Gasteiger partial charge is 0.243 e. The van der Waals surface area contributed by atoms with Crippen molar-refractivity contribution in [3.05, 3.63) is 53.5 Å². The van der Waals surface area contributed by atoms with Crippen LogP contribution in [0.1, 0.15) is 21.6 Å². The fourth-order valence-corrected chi connectivity index (χ4v) is 1.59. The molecule has 86 valence electrons. The molecule has 0 aliphatic heterocycles. The van der Waals surface area contributed by atoms with E-state index in [2.05, 4.69) is 9.97 Å². The molecule has 0 bridgehead atoms. The van der Waals surface area contributed by atoms with E-state index in [9.17, 15) is 4.79 Å². The van der Waals surface area contributed by atoms with Gasteiger partial charge in [-0.1, -0.05) is 24.3 Å². The van der Waals surface area contributed by atoms with Crippen molar-refractivity contribution in [2.24, 2.45) is 0 Å². The van der Waals surface area contributed by atoms with E-state index in [1.54, 1.807) is 6.07 Å². The van der Waals surface area contributed by atoms with Gasteiger partial charge in [0.25, 0.3) is 0 Å². The number of ether oxygens (including phenoxy) is 1. The van der Waals surface area contributed by atoms with Crippen LogP contribution >= 0.6 is 0 Å². The van der Waals surface area contributed by atoms with Gasteiger partial charge in [-0.05, 0) is 12.5 Å². The van der Waals surface area contributed by atoms with Gasteiger partial charge >= 0.3 is 0 Å². The second-order valence-corrected chi connectivity index (χ2v) is 3.56. The molecule has 17 heavy (non-hydrogen) atoms. The summed E-state index contributed by atoms with van der Waals surface area (Å²) >= 11 is 0. The maximum atomic E-state index is 12.3. The van der Waals surface area contributed by atoms with Crippen molar-refractivity contribution in [2.75, 3.05) is 7.11 Å². The van der Waals surface area contributed by atoms with Gasteiger partial charge in [-0.25, -0.2) is 9.97 Å². The summed E-state index contributed by atoms with van der Waals surface area (Å²) in [6.07, 6.45) is 2.97. The summed E-state index contributed by atoms with van der Waals surface area (Å²) < 4.78 is 5.03. The number of benzene rings is 1. The van der Waals surface area contributed by atoms with Gasteiger partial charge in [-0.2, -0.15) is 0 Å². The van der Waals surface area contributed by atoms with Gasteiger partial charge < -0.3 is 4.74 Å². The van der Waals surface area contributed by atoms with Gasteiger partial charge in [0.15, 0.2) is 5.69 Å². The third-order valence-corrected chi connectivity index (χ3v) is 2.46. The molecular formula is C13H12N2O2. The van der Waals surface area contributed by atoms with Crippen LogP contribution in [0.2, 0.25) is 0 Å². The Balaban J connectivity index is 2.48. The fourth-order valence-electron chi connectivity index (χ4n) is 1.59. The van der Waals surface area contributed by atoms with Gasteiger partial charge in [0.05, 0.1) is 7.11 Å². The Morgan fingerprint density at radius 1 is 1.18 bits per heavy atom. The molecule has 1 aromatic carbocycles. The summed E-state index contributed by atoms with van der Waals surface area (Å²) in [6, 6.07) is 7.37. The minimum Gasteiger partial charge on any atom is -0.479 e. The highest BCUT2D eigenvalue weighted by Gasteiger charge is 2.17. The van der Waals surface area contributed by atoms with Crippen LogP contribution in [0.3, 0.4) is 0 Å². The zero-order valence-corrected chi connectivity index (χ0v) is 9.68. The van der Waals surface area contributed by atoms with Gasteiger partial charge in [0.2, 0.25) is 11.7 Å². The first kappa shape index (κ1) is 11.3. The Kier molecular flexibility index (Phi) is 3.14. The lowest BCUT2D eigenvalue weighted by Gasteiger charge is -2.06. The normalized spacial score (nSPS) is 10.0. The summed E-state index contributed by atoms with van der Waals surface area (Å²) in [6.45, 7) is 1.88. The Morgan fingerprint density at radius 2 is 1.88 bits per heavy atom. The van der Waals surface area contributed by atoms with Crippen LogP contribution < -0.4 is 4.74 Å². The monoisotopic (exact) mass is 228 g/mol. The van der Waals surface area contributed by atoms with E-state index in [-0.39, 0.29) is 17.4 Å². The Hall–Kier alpha value is -2.23. The molecule has 0 radical (unpaired) electrons. The Labute approximate surface area is 99.3 Å². The van der Waals surface area contributed by atoms with Crippen LogP contribution in [-0.4, -0.2) is 22.9 Å². The van der Waals surface area contributed by atoms with Crippen molar-refractivity contribution in [2.45, 2.75) is 6.92 Å². The molecule has 2 aromatic rings. The molecule has 0 N–H and O–H groups in total. The third-order valence-electron chi connectivity index (χ3n) is 2.46. The quantitative estimate of drug-likeness (QED) is 0.754. The molecule has 0 saturated heterocycles. The van der Waals surface area contributed by atoms with Crippen LogP contribution in [0.4, 0.5) is 0 Å². The molecule has 0 fully saturated rings. The summed E-state index contributed by atoms with van der Waals surface area (Å²) in [5, 5.41) is 0. The van der Waals surface area contributed by atoms with E-state index in [1.165, 1.54) is 19.5 Å². The number of carbonyl (C=O) groups excluding carboxylic acids is 1. The van der Waals surface area contributed by atoms with E-state index >= 15 is 0 Å². The van der Waals surface area contributed by atoms with Crippen molar-refractivity contribution in [1.29, 1.82) is 0 Å². The zero-order valence-electron chi connectivity index (χ0n) is 9.68. The highest BCUT2D eigenvalue weighted by molar-refractivity contribution is 6.09. The average Bonchev–Trinajstić information content (AvgIpc) is 2.38. The van der Waals surface area contributed by atoms with Crippen molar-refractivity contribution < 1.29 is 9.53 Å². The first-order valence-electron chi connectivity index (χ1n) is 5.19. The molecular weight excluding hydrogens is 216 g/mol. The molecule has 0 aliphatic rings. The molecule has 1 heterocycles. The first-order valence-corrected chi connectivity index (χ1v) is 5.19. The predicted molar refractivity (Wildman–Crippen MR) is 63.2 cm³/mol. The number of hydrogen-bond donors (Lipinski definition) is 0. The minimum absolute atomic E-state index is 0.173. The second-order valence-electron chi connectivity index (χ2n) is 3.56.